The number of carbonyl (C=O) groups excluding carboxylic acids is 4. The molecule has 2 atom stereocenters. The van der Waals surface area contributed by atoms with E-state index in [0.717, 1.165) is 43.7 Å². The number of hydrogen-bond acceptors (Lipinski definition) is 15. The molecule has 0 saturated carbocycles. The summed E-state index contributed by atoms with van der Waals surface area (Å²) in [5, 5.41) is 0. The van der Waals surface area contributed by atoms with E-state index in [9.17, 15) is 40.8 Å². The SMILES string of the molecule is C.C.CCC(C)(C)C(=O)OCCC[Si](OC)(OC)OC.CCC(C)c1ccc(C(=O)[N-]S(=O)(=O)C(F)(F)F)cc1.CCCC[Si](C)(C)O[Si](C)(C)CCCOC(=O)C(C)(C)CC.CCOCCOCCOC(=O)C(C)CC.[K+]. The van der Waals surface area contributed by atoms with Crippen molar-refractivity contribution in [3.8, 4) is 0 Å². The Balaban J connectivity index is -0.000000221. The van der Waals surface area contributed by atoms with Crippen molar-refractivity contribution in [2.24, 2.45) is 16.7 Å². The summed E-state index contributed by atoms with van der Waals surface area (Å²) < 4.78 is 108. The van der Waals surface area contributed by atoms with Gasteiger partial charge in [0.1, 0.15) is 6.61 Å². The molecule has 0 spiro atoms. The Morgan fingerprint density at radius 2 is 1.04 bits per heavy atom. The molecule has 0 N–H and O–H groups in total. The van der Waals surface area contributed by atoms with E-state index < -0.39 is 52.3 Å². The first-order valence-electron chi connectivity index (χ1n) is 26.3. The second kappa shape index (κ2) is 45.3. The number of ether oxygens (including phenoxy) is 5. The number of benzene rings is 1. The average molecular weight is 1220 g/mol. The Labute approximate surface area is 517 Å². The summed E-state index contributed by atoms with van der Waals surface area (Å²) in [6, 6.07) is 8.61. The first kappa shape index (κ1) is 88.1. The summed E-state index contributed by atoms with van der Waals surface area (Å²) in [6.07, 6.45) is 7.35. The van der Waals surface area contributed by atoms with Gasteiger partial charge in [-0.05, 0) is 128 Å². The topological polar surface area (TPSA) is 200 Å². The molecule has 0 heterocycles. The van der Waals surface area contributed by atoms with Crippen LogP contribution in [0.25, 0.3) is 4.72 Å². The number of hydrogen-bond donors (Lipinski definition) is 0. The molecule has 1 amide bonds. The second-order valence-electron chi connectivity index (χ2n) is 20.5. The Hall–Kier alpha value is -1.11. The van der Waals surface area contributed by atoms with Crippen molar-refractivity contribution in [3.05, 3.63) is 40.1 Å². The van der Waals surface area contributed by atoms with Gasteiger partial charge in [-0.25, -0.2) is 8.42 Å². The van der Waals surface area contributed by atoms with Gasteiger partial charge in [0.2, 0.25) is 0 Å². The summed E-state index contributed by atoms with van der Waals surface area (Å²) >= 11 is 0. The zero-order valence-corrected chi connectivity index (χ0v) is 57.2. The smallest absolute Gasteiger partial charge is 0.534 e. The number of sulfonamides is 1. The van der Waals surface area contributed by atoms with Gasteiger partial charge in [-0.15, -0.1) is 0 Å². The molecule has 1 aromatic carbocycles. The van der Waals surface area contributed by atoms with Gasteiger partial charge in [-0.1, -0.05) is 100 Å². The quantitative estimate of drug-likeness (QED) is 0.0278. The van der Waals surface area contributed by atoms with Crippen LogP contribution in [0.1, 0.15) is 171 Å². The third kappa shape index (κ3) is 39.4. The van der Waals surface area contributed by atoms with Crippen LogP contribution in [0.15, 0.2) is 24.3 Å². The first-order chi connectivity index (χ1) is 34.6. The molecule has 0 aliphatic carbocycles. The van der Waals surface area contributed by atoms with E-state index in [1.54, 1.807) is 33.5 Å². The summed E-state index contributed by atoms with van der Waals surface area (Å²) in [7, 11) is -6.78. The molecule has 16 nitrogen and oxygen atoms in total. The largest absolute Gasteiger partial charge is 1.00 e. The van der Waals surface area contributed by atoms with Gasteiger partial charge >= 0.3 is 83.6 Å². The average Bonchev–Trinajstić information content (AvgIpc) is 3.36. The number of nitrogens with zero attached hydrogens (tertiary/aromatic N) is 1. The van der Waals surface area contributed by atoms with E-state index in [1.807, 2.05) is 76.2 Å². The molecule has 1 aromatic rings. The predicted octanol–water partition coefficient (Wildman–Crippen LogP) is 11.3. The van der Waals surface area contributed by atoms with Gasteiger partial charge in [-0.2, -0.15) is 13.2 Å². The van der Waals surface area contributed by atoms with Gasteiger partial charge in [0, 0.05) is 34.0 Å². The predicted molar refractivity (Wildman–Crippen MR) is 310 cm³/mol. The Morgan fingerprint density at radius 1 is 0.615 bits per heavy atom. The van der Waals surface area contributed by atoms with Crippen LogP contribution in [-0.4, -0.2) is 131 Å². The molecular weight excluding hydrogens is 1120 g/mol. The number of alkyl halides is 3. The van der Waals surface area contributed by atoms with Crippen LogP contribution in [0, 0.1) is 16.7 Å². The van der Waals surface area contributed by atoms with E-state index in [4.69, 9.17) is 41.1 Å². The van der Waals surface area contributed by atoms with Crippen molar-refractivity contribution in [1.82, 2.24) is 0 Å². The molecule has 0 aliphatic heterocycles. The zero-order valence-electron chi connectivity index (χ0n) is 50.3. The maximum absolute atomic E-state index is 12.1. The van der Waals surface area contributed by atoms with Gasteiger partial charge < -0.3 is 50.6 Å². The third-order valence-corrected chi connectivity index (χ3v) is 23.8. The molecule has 458 valence electrons. The summed E-state index contributed by atoms with van der Waals surface area (Å²) in [5.74, 6) is -1.61. The van der Waals surface area contributed by atoms with Crippen molar-refractivity contribution >= 4 is 59.3 Å². The Bertz CT molecular complexity index is 1830. The van der Waals surface area contributed by atoms with Crippen molar-refractivity contribution in [2.75, 3.05) is 67.6 Å². The fraction of sp³-hybridized carbons (Fsp3) is 0.815. The van der Waals surface area contributed by atoms with Crippen LogP contribution in [0.3, 0.4) is 0 Å². The molecule has 1 rings (SSSR count). The fourth-order valence-corrected chi connectivity index (χ4v) is 17.2. The molecule has 24 heteroatoms. The van der Waals surface area contributed by atoms with Crippen LogP contribution in [0.5, 0.6) is 0 Å². The van der Waals surface area contributed by atoms with Gasteiger partial charge in [0.15, 0.2) is 26.7 Å². The van der Waals surface area contributed by atoms with E-state index in [2.05, 4.69) is 37.8 Å². The summed E-state index contributed by atoms with van der Waals surface area (Å²) in [4.78, 5) is 46.3. The first-order valence-corrected chi connectivity index (χ1v) is 35.9. The normalized spacial score (nSPS) is 12.6. The number of esters is 3. The zero-order chi connectivity index (χ0) is 58.7. The van der Waals surface area contributed by atoms with E-state index >= 15 is 0 Å². The van der Waals surface area contributed by atoms with Crippen LogP contribution < -0.4 is 51.4 Å². The van der Waals surface area contributed by atoms with Gasteiger partial charge in [-0.3, -0.25) is 14.4 Å². The fourth-order valence-electron chi connectivity index (χ4n) is 6.08. The van der Waals surface area contributed by atoms with Crippen molar-refractivity contribution in [2.45, 2.75) is 205 Å². The minimum Gasteiger partial charge on any atom is -0.534 e. The van der Waals surface area contributed by atoms with Crippen molar-refractivity contribution < 1.29 is 133 Å². The minimum atomic E-state index is -5.80. The third-order valence-electron chi connectivity index (χ3n) is 12.4. The molecule has 0 radical (unpaired) electrons. The molecule has 0 saturated heterocycles. The molecule has 0 aromatic heterocycles. The van der Waals surface area contributed by atoms with Crippen LogP contribution in [0.4, 0.5) is 13.2 Å². The summed E-state index contributed by atoms with van der Waals surface area (Å²) in [6.45, 7) is 36.3. The molecule has 0 bridgehead atoms. The molecule has 0 fully saturated rings. The van der Waals surface area contributed by atoms with E-state index in [-0.39, 0.29) is 107 Å². The monoisotopic (exact) mass is 1220 g/mol. The molecule has 2 unspecified atom stereocenters. The number of carbonyl (C=O) groups is 4. The van der Waals surface area contributed by atoms with E-state index in [0.29, 0.717) is 58.7 Å². The number of amides is 1. The second-order valence-corrected chi connectivity index (χ2v) is 34.1. The van der Waals surface area contributed by atoms with Crippen LogP contribution in [0.2, 0.25) is 44.3 Å². The van der Waals surface area contributed by atoms with Crippen LogP contribution >= 0.6 is 0 Å². The van der Waals surface area contributed by atoms with E-state index in [1.165, 1.54) is 31.0 Å². The van der Waals surface area contributed by atoms with Gasteiger partial charge in [0.25, 0.3) is 0 Å². The number of rotatable bonds is 33. The minimum absolute atomic E-state index is 0. The summed E-state index contributed by atoms with van der Waals surface area (Å²) in [5.41, 5.74) is -5.65. The van der Waals surface area contributed by atoms with Crippen LogP contribution in [-0.2, 0) is 65.5 Å². The molecular formula is C54H107F3KNO15SSi3. The maximum atomic E-state index is 12.1. The molecule has 78 heavy (non-hydrogen) atoms. The van der Waals surface area contributed by atoms with Crippen molar-refractivity contribution in [1.29, 1.82) is 0 Å². The van der Waals surface area contributed by atoms with Gasteiger partial charge in [0.05, 0.1) is 55.7 Å². The Morgan fingerprint density at radius 3 is 1.42 bits per heavy atom. The standard InChI is InChI=1S/C17H38O3Si2.C12H14F3NO3S.C12H26O5Si.C11H22O4.2CH4.K/c1-9-11-14-21(5,6)20-22(7,8)15-12-13-19-16(18)17(3,4)10-2;1-3-8(2)9-4-6-10(7-5-9)11(17)16-20(18,19)12(13,14)15;1-7-12(2,3)11(13)17-9-8-10-18(14-4,15-5)16-6;1-4-10(3)11(12)15-9-8-14-7-6-13-5-2;;;/h9-15H2,1-8H3;4-8H,3H2,1-2H3,(H,16,17);7-10H2,1-6H3;10H,4-9H2,1-3H3;2*1H4;/q;;;;;;+1/p-1. The maximum Gasteiger partial charge on any atom is 1.00 e. The number of unbranched alkanes of at least 4 members (excludes halogenated alkanes) is 1. The Kier molecular flexibility index (Phi) is 51.2. The van der Waals surface area contributed by atoms with Crippen molar-refractivity contribution in [3.63, 3.8) is 0 Å². The number of halogens is 3. The molecule has 0 aliphatic rings.